The molecule has 0 amide bonds. The molecular formula is C17H13Cl2N7. The van der Waals surface area contributed by atoms with E-state index in [9.17, 15) is 0 Å². The third-order valence-electron chi connectivity index (χ3n) is 3.84. The summed E-state index contributed by atoms with van der Waals surface area (Å²) in [6.45, 7) is 0.521. The van der Waals surface area contributed by atoms with Crippen molar-refractivity contribution >= 4 is 29.2 Å². The van der Waals surface area contributed by atoms with E-state index in [0.717, 1.165) is 11.3 Å². The molecule has 130 valence electrons. The van der Waals surface area contributed by atoms with Gasteiger partial charge in [-0.15, -0.1) is 0 Å². The number of rotatable bonds is 5. The van der Waals surface area contributed by atoms with Crippen molar-refractivity contribution in [2.45, 2.75) is 6.54 Å². The Morgan fingerprint density at radius 1 is 1.00 bits per heavy atom. The minimum Gasteiger partial charge on any atom is -0.349 e. The van der Waals surface area contributed by atoms with E-state index in [-0.39, 0.29) is 0 Å². The van der Waals surface area contributed by atoms with Crippen LogP contribution < -0.4 is 5.32 Å². The summed E-state index contributed by atoms with van der Waals surface area (Å²) in [5, 5.41) is 15.9. The summed E-state index contributed by atoms with van der Waals surface area (Å²) >= 11 is 12.4. The molecule has 0 bridgehead atoms. The molecule has 2 aromatic heterocycles. The van der Waals surface area contributed by atoms with Gasteiger partial charge in [0.05, 0.1) is 27.7 Å². The van der Waals surface area contributed by atoms with E-state index in [0.29, 0.717) is 28.2 Å². The second-order valence-electron chi connectivity index (χ2n) is 5.44. The SMILES string of the molecule is Clc1cccc(-n2nnnc2NCc2ccccc2-n2ccnc2)c1Cl. The van der Waals surface area contributed by atoms with Crippen LogP contribution in [0.5, 0.6) is 0 Å². The Labute approximate surface area is 159 Å². The summed E-state index contributed by atoms with van der Waals surface area (Å²) in [7, 11) is 0. The van der Waals surface area contributed by atoms with E-state index in [1.165, 1.54) is 4.68 Å². The molecule has 0 saturated heterocycles. The van der Waals surface area contributed by atoms with E-state index >= 15 is 0 Å². The molecule has 26 heavy (non-hydrogen) atoms. The summed E-state index contributed by atoms with van der Waals surface area (Å²) < 4.78 is 3.47. The van der Waals surface area contributed by atoms with Crippen LogP contribution in [0, 0.1) is 0 Å². The topological polar surface area (TPSA) is 73.5 Å². The molecule has 0 radical (unpaired) electrons. The first-order valence-electron chi connectivity index (χ1n) is 7.77. The molecule has 9 heteroatoms. The predicted molar refractivity (Wildman–Crippen MR) is 100 cm³/mol. The highest BCUT2D eigenvalue weighted by Gasteiger charge is 2.13. The Morgan fingerprint density at radius 3 is 2.69 bits per heavy atom. The quantitative estimate of drug-likeness (QED) is 0.565. The lowest BCUT2D eigenvalue weighted by molar-refractivity contribution is 0.789. The van der Waals surface area contributed by atoms with E-state index in [4.69, 9.17) is 23.2 Å². The molecule has 0 fully saturated rings. The molecule has 0 saturated carbocycles. The number of anilines is 1. The highest BCUT2D eigenvalue weighted by molar-refractivity contribution is 6.43. The standard InChI is InChI=1S/C17H13Cl2N7/c18-13-5-3-7-15(16(13)19)26-17(22-23-24-26)21-10-12-4-1-2-6-14(12)25-9-8-20-11-25/h1-9,11H,10H2,(H,21,22,24). The first-order valence-corrected chi connectivity index (χ1v) is 8.52. The lowest BCUT2D eigenvalue weighted by Crippen LogP contribution is -2.09. The summed E-state index contributed by atoms with van der Waals surface area (Å²) in [5.41, 5.74) is 2.70. The van der Waals surface area contributed by atoms with Crippen molar-refractivity contribution in [3.05, 3.63) is 76.8 Å². The van der Waals surface area contributed by atoms with Crippen molar-refractivity contribution < 1.29 is 0 Å². The van der Waals surface area contributed by atoms with E-state index in [1.807, 2.05) is 35.0 Å². The van der Waals surface area contributed by atoms with Gasteiger partial charge in [-0.3, -0.25) is 0 Å². The zero-order chi connectivity index (χ0) is 17.9. The molecule has 7 nitrogen and oxygen atoms in total. The van der Waals surface area contributed by atoms with Crippen LogP contribution in [0.1, 0.15) is 5.56 Å². The van der Waals surface area contributed by atoms with Gasteiger partial charge >= 0.3 is 0 Å². The van der Waals surface area contributed by atoms with E-state index in [2.05, 4.69) is 25.8 Å². The fraction of sp³-hybridized carbons (Fsp3) is 0.0588. The van der Waals surface area contributed by atoms with Crippen LogP contribution in [0.25, 0.3) is 11.4 Å². The zero-order valence-electron chi connectivity index (χ0n) is 13.4. The van der Waals surface area contributed by atoms with Crippen LogP contribution in [-0.2, 0) is 6.54 Å². The Bertz CT molecular complexity index is 1030. The molecule has 0 spiro atoms. The van der Waals surface area contributed by atoms with Gasteiger partial charge in [-0.05, 0) is 34.2 Å². The summed E-state index contributed by atoms with van der Waals surface area (Å²) in [5.74, 6) is 0.467. The van der Waals surface area contributed by atoms with Gasteiger partial charge in [-0.25, -0.2) is 4.98 Å². The van der Waals surface area contributed by atoms with Crippen LogP contribution in [-0.4, -0.2) is 29.8 Å². The molecule has 2 heterocycles. The summed E-state index contributed by atoms with van der Waals surface area (Å²) in [6, 6.07) is 13.3. The fourth-order valence-electron chi connectivity index (χ4n) is 2.60. The van der Waals surface area contributed by atoms with Gasteiger partial charge in [0.1, 0.15) is 0 Å². The average molecular weight is 386 g/mol. The second kappa shape index (κ2) is 7.15. The largest absolute Gasteiger partial charge is 0.349 e. The van der Waals surface area contributed by atoms with Gasteiger partial charge in [-0.2, -0.15) is 4.68 Å². The van der Waals surface area contributed by atoms with Crippen LogP contribution in [0.15, 0.2) is 61.2 Å². The van der Waals surface area contributed by atoms with Crippen molar-refractivity contribution in [1.29, 1.82) is 0 Å². The molecule has 0 unspecified atom stereocenters. The third-order valence-corrected chi connectivity index (χ3v) is 4.65. The number of tetrazole rings is 1. The maximum atomic E-state index is 6.28. The number of imidazole rings is 1. The number of para-hydroxylation sites is 1. The Balaban J connectivity index is 1.62. The number of hydrogen-bond acceptors (Lipinski definition) is 5. The maximum absolute atomic E-state index is 6.28. The molecule has 4 rings (SSSR count). The number of aromatic nitrogens is 6. The van der Waals surface area contributed by atoms with Crippen molar-refractivity contribution in [2.75, 3.05) is 5.32 Å². The van der Waals surface area contributed by atoms with Crippen LogP contribution >= 0.6 is 23.2 Å². The van der Waals surface area contributed by atoms with Crippen molar-refractivity contribution in [3.63, 3.8) is 0 Å². The average Bonchev–Trinajstić information content (AvgIpc) is 3.34. The lowest BCUT2D eigenvalue weighted by Gasteiger charge is -2.12. The molecule has 0 aliphatic rings. The van der Waals surface area contributed by atoms with Crippen molar-refractivity contribution in [2.24, 2.45) is 0 Å². The number of nitrogens with zero attached hydrogens (tertiary/aromatic N) is 6. The first kappa shape index (κ1) is 16.6. The first-order chi connectivity index (χ1) is 12.7. The van der Waals surface area contributed by atoms with Gasteiger partial charge in [0.25, 0.3) is 0 Å². The molecule has 0 aliphatic heterocycles. The van der Waals surface area contributed by atoms with Gasteiger partial charge in [0.2, 0.25) is 5.95 Å². The van der Waals surface area contributed by atoms with Crippen LogP contribution in [0.3, 0.4) is 0 Å². The van der Waals surface area contributed by atoms with Gasteiger partial charge < -0.3 is 9.88 Å². The Kier molecular flexibility index (Phi) is 4.55. The second-order valence-corrected chi connectivity index (χ2v) is 6.22. The minimum atomic E-state index is 0.392. The van der Waals surface area contributed by atoms with Crippen molar-refractivity contribution in [3.8, 4) is 11.4 Å². The zero-order valence-corrected chi connectivity index (χ0v) is 14.9. The van der Waals surface area contributed by atoms with Crippen LogP contribution in [0.4, 0.5) is 5.95 Å². The van der Waals surface area contributed by atoms with Gasteiger partial charge in [0, 0.05) is 18.9 Å². The molecule has 1 N–H and O–H groups in total. The number of nitrogens with one attached hydrogen (secondary N) is 1. The Morgan fingerprint density at radius 2 is 1.85 bits per heavy atom. The minimum absolute atomic E-state index is 0.392. The number of halogens is 2. The smallest absolute Gasteiger partial charge is 0.248 e. The normalized spacial score (nSPS) is 10.8. The molecule has 4 aromatic rings. The Hall–Kier alpha value is -2.90. The highest BCUT2D eigenvalue weighted by Crippen LogP contribution is 2.29. The number of benzene rings is 2. The van der Waals surface area contributed by atoms with Gasteiger partial charge in [-0.1, -0.05) is 52.6 Å². The van der Waals surface area contributed by atoms with E-state index in [1.54, 1.807) is 30.7 Å². The molecule has 2 aromatic carbocycles. The molecule has 0 atom stereocenters. The van der Waals surface area contributed by atoms with E-state index < -0.39 is 0 Å². The predicted octanol–water partition coefficient (Wildman–Crippen LogP) is 3.77. The molecule has 0 aliphatic carbocycles. The summed E-state index contributed by atoms with van der Waals surface area (Å²) in [6.07, 6.45) is 5.40. The highest BCUT2D eigenvalue weighted by atomic mass is 35.5. The van der Waals surface area contributed by atoms with Gasteiger partial charge in [0.15, 0.2) is 0 Å². The lowest BCUT2D eigenvalue weighted by atomic mass is 10.1. The fourth-order valence-corrected chi connectivity index (χ4v) is 2.98. The van der Waals surface area contributed by atoms with Crippen molar-refractivity contribution in [1.82, 2.24) is 29.8 Å². The summed E-state index contributed by atoms with van der Waals surface area (Å²) in [4.78, 5) is 4.10. The molecular weight excluding hydrogens is 373 g/mol. The number of hydrogen-bond donors (Lipinski definition) is 1. The monoisotopic (exact) mass is 385 g/mol. The van der Waals surface area contributed by atoms with Crippen LogP contribution in [0.2, 0.25) is 10.0 Å². The third kappa shape index (κ3) is 3.14. The maximum Gasteiger partial charge on any atom is 0.248 e.